The minimum absolute atomic E-state index is 0.0905. The van der Waals surface area contributed by atoms with Gasteiger partial charge in [0.05, 0.1) is 5.56 Å². The third kappa shape index (κ3) is 3.98. The summed E-state index contributed by atoms with van der Waals surface area (Å²) in [6.07, 6.45) is 6.04. The molecule has 21 heavy (non-hydrogen) atoms. The number of benzene rings is 1. The normalized spacial score (nSPS) is 19.7. The lowest BCUT2D eigenvalue weighted by molar-refractivity contribution is 0.101. The van der Waals surface area contributed by atoms with Crippen LogP contribution in [-0.4, -0.2) is 28.4 Å². The van der Waals surface area contributed by atoms with Crippen LogP contribution in [0.25, 0.3) is 0 Å². The van der Waals surface area contributed by atoms with E-state index in [1.807, 2.05) is 0 Å². The number of carbonyl (C=O) groups excluding carboxylic acids is 1. The molecule has 116 valence electrons. The van der Waals surface area contributed by atoms with Crippen molar-refractivity contribution >= 4 is 17.4 Å². The summed E-state index contributed by atoms with van der Waals surface area (Å²) in [5.74, 6) is -0.0623. The van der Waals surface area contributed by atoms with Gasteiger partial charge in [-0.3, -0.25) is 9.69 Å². The molecule has 0 bridgehead atoms. The smallest absolute Gasteiger partial charge is 0.163 e. The van der Waals surface area contributed by atoms with Crippen molar-refractivity contribution in [2.24, 2.45) is 0 Å². The maximum atomic E-state index is 11.6. The van der Waals surface area contributed by atoms with Crippen molar-refractivity contribution in [1.29, 1.82) is 0 Å². The van der Waals surface area contributed by atoms with Gasteiger partial charge in [-0.25, -0.2) is 0 Å². The van der Waals surface area contributed by atoms with E-state index < -0.39 is 0 Å². The van der Waals surface area contributed by atoms with Gasteiger partial charge in [-0.1, -0.05) is 31.4 Å². The van der Waals surface area contributed by atoms with Crippen LogP contribution in [0.4, 0.5) is 0 Å². The Balaban J connectivity index is 2.23. The van der Waals surface area contributed by atoms with Crippen LogP contribution in [0.2, 0.25) is 5.02 Å². The fraction of sp³-hybridized carbons (Fsp3) is 0.588. The van der Waals surface area contributed by atoms with Gasteiger partial charge in [0.2, 0.25) is 0 Å². The zero-order chi connectivity index (χ0) is 15.4. The summed E-state index contributed by atoms with van der Waals surface area (Å²) in [7, 11) is 0. The number of halogens is 1. The summed E-state index contributed by atoms with van der Waals surface area (Å²) < 4.78 is 0. The molecule has 1 aliphatic heterocycles. The maximum Gasteiger partial charge on any atom is 0.163 e. The molecule has 1 aromatic carbocycles. The third-order valence-electron chi connectivity index (χ3n) is 4.28. The van der Waals surface area contributed by atoms with E-state index in [9.17, 15) is 9.90 Å². The molecule has 1 saturated heterocycles. The van der Waals surface area contributed by atoms with Crippen LogP contribution in [0.5, 0.6) is 5.75 Å². The second kappa shape index (κ2) is 7.28. The van der Waals surface area contributed by atoms with Gasteiger partial charge in [0.1, 0.15) is 5.75 Å². The number of hydrogen-bond donors (Lipinski definition) is 1. The Morgan fingerprint density at radius 1 is 1.43 bits per heavy atom. The van der Waals surface area contributed by atoms with E-state index in [0.29, 0.717) is 23.2 Å². The fourth-order valence-electron chi connectivity index (χ4n) is 3.19. The van der Waals surface area contributed by atoms with Gasteiger partial charge in [0.15, 0.2) is 5.78 Å². The minimum Gasteiger partial charge on any atom is -0.507 e. The minimum atomic E-state index is -0.153. The first-order valence-electron chi connectivity index (χ1n) is 7.79. The van der Waals surface area contributed by atoms with Crippen molar-refractivity contribution in [2.75, 3.05) is 6.54 Å². The monoisotopic (exact) mass is 309 g/mol. The number of nitrogens with zero attached hydrogens (tertiary/aromatic N) is 1. The molecule has 1 heterocycles. The van der Waals surface area contributed by atoms with Crippen LogP contribution in [0.3, 0.4) is 0 Å². The van der Waals surface area contributed by atoms with Crippen molar-refractivity contribution in [3.05, 3.63) is 28.3 Å². The van der Waals surface area contributed by atoms with Crippen LogP contribution in [0.15, 0.2) is 12.1 Å². The third-order valence-corrected chi connectivity index (χ3v) is 4.50. The summed E-state index contributed by atoms with van der Waals surface area (Å²) in [4.78, 5) is 14.0. The fourth-order valence-corrected chi connectivity index (χ4v) is 3.43. The van der Waals surface area contributed by atoms with Gasteiger partial charge < -0.3 is 5.11 Å². The molecule has 0 aliphatic carbocycles. The predicted octanol–water partition coefficient (Wildman–Crippen LogP) is 4.40. The number of ketones is 1. The molecule has 1 unspecified atom stereocenters. The lowest BCUT2D eigenvalue weighted by atomic mass is 9.97. The Kier molecular flexibility index (Phi) is 5.65. The van der Waals surface area contributed by atoms with Gasteiger partial charge in [-0.15, -0.1) is 0 Å². The molecule has 4 heteroatoms. The zero-order valence-corrected chi connectivity index (χ0v) is 13.6. The van der Waals surface area contributed by atoms with E-state index in [-0.39, 0.29) is 11.5 Å². The van der Waals surface area contributed by atoms with Crippen molar-refractivity contribution in [2.45, 2.75) is 58.5 Å². The van der Waals surface area contributed by atoms with Crippen molar-refractivity contribution < 1.29 is 9.90 Å². The van der Waals surface area contributed by atoms with E-state index in [4.69, 9.17) is 11.6 Å². The number of piperidine rings is 1. The van der Waals surface area contributed by atoms with E-state index >= 15 is 0 Å². The number of Topliss-reactive ketones (excluding diaryl/α,β-unsaturated/α-hetero) is 1. The quantitative estimate of drug-likeness (QED) is 0.819. The zero-order valence-electron chi connectivity index (χ0n) is 12.9. The second-order valence-corrected chi connectivity index (χ2v) is 6.36. The lowest BCUT2D eigenvalue weighted by Crippen LogP contribution is -2.38. The van der Waals surface area contributed by atoms with Crippen LogP contribution in [-0.2, 0) is 6.54 Å². The van der Waals surface area contributed by atoms with Crippen molar-refractivity contribution in [3.63, 3.8) is 0 Å². The highest BCUT2D eigenvalue weighted by atomic mass is 35.5. The Bertz CT molecular complexity index is 514. The molecule has 1 N–H and O–H groups in total. The average Bonchev–Trinajstić information content (AvgIpc) is 2.44. The van der Waals surface area contributed by atoms with E-state index in [2.05, 4.69) is 11.8 Å². The summed E-state index contributed by atoms with van der Waals surface area (Å²) >= 11 is 6.10. The molecule has 1 aliphatic rings. The van der Waals surface area contributed by atoms with Crippen molar-refractivity contribution in [1.82, 2.24) is 4.90 Å². The predicted molar refractivity (Wildman–Crippen MR) is 86.1 cm³/mol. The Morgan fingerprint density at radius 3 is 2.86 bits per heavy atom. The van der Waals surface area contributed by atoms with Gasteiger partial charge in [-0.05, 0) is 44.9 Å². The van der Waals surface area contributed by atoms with Gasteiger partial charge in [0.25, 0.3) is 0 Å². The molecule has 0 aromatic heterocycles. The Labute approximate surface area is 131 Å². The number of rotatable bonds is 5. The van der Waals surface area contributed by atoms with E-state index in [1.54, 1.807) is 12.1 Å². The average molecular weight is 310 g/mol. The summed E-state index contributed by atoms with van der Waals surface area (Å²) in [5, 5.41) is 10.8. The van der Waals surface area contributed by atoms with Gasteiger partial charge >= 0.3 is 0 Å². The molecule has 1 fully saturated rings. The highest BCUT2D eigenvalue weighted by Crippen LogP contribution is 2.31. The van der Waals surface area contributed by atoms with Crippen molar-refractivity contribution in [3.8, 4) is 5.75 Å². The van der Waals surface area contributed by atoms with Gasteiger partial charge in [0, 0.05) is 23.2 Å². The SMILES string of the molecule is CCCC1CCCCN1Cc1cc(Cl)cc(C(C)=O)c1O. The number of hydrogen-bond acceptors (Lipinski definition) is 3. The Hall–Kier alpha value is -1.06. The van der Waals surface area contributed by atoms with Gasteiger partial charge in [-0.2, -0.15) is 0 Å². The molecule has 0 saturated carbocycles. The number of likely N-dealkylation sites (tertiary alicyclic amines) is 1. The molecule has 0 spiro atoms. The van der Waals surface area contributed by atoms with Crippen LogP contribution in [0, 0.1) is 0 Å². The molecule has 0 radical (unpaired) electrons. The van der Waals surface area contributed by atoms with Crippen LogP contribution in [0.1, 0.15) is 61.9 Å². The molecule has 2 rings (SSSR count). The van der Waals surface area contributed by atoms with Crippen LogP contribution >= 0.6 is 11.6 Å². The topological polar surface area (TPSA) is 40.5 Å². The van der Waals surface area contributed by atoms with E-state index in [0.717, 1.165) is 12.1 Å². The Morgan fingerprint density at radius 2 is 2.19 bits per heavy atom. The molecule has 1 atom stereocenters. The number of phenolic OH excluding ortho intramolecular Hbond substituents is 1. The standard InChI is InChI=1S/C17H24ClNO2/c1-3-6-15-7-4-5-8-19(15)11-13-9-14(18)10-16(12(2)20)17(13)21/h9-10,15,21H,3-8,11H2,1-2H3. The highest BCUT2D eigenvalue weighted by molar-refractivity contribution is 6.31. The first kappa shape index (κ1) is 16.3. The first-order valence-corrected chi connectivity index (χ1v) is 8.17. The number of carbonyl (C=O) groups is 1. The molecule has 3 nitrogen and oxygen atoms in total. The largest absolute Gasteiger partial charge is 0.507 e. The number of aromatic hydroxyl groups is 1. The first-order chi connectivity index (χ1) is 10.0. The molecule has 1 aromatic rings. The highest BCUT2D eigenvalue weighted by Gasteiger charge is 2.23. The number of phenols is 1. The molecular formula is C17H24ClNO2. The molecule has 0 amide bonds. The summed E-state index contributed by atoms with van der Waals surface area (Å²) in [6, 6.07) is 3.89. The second-order valence-electron chi connectivity index (χ2n) is 5.93. The summed E-state index contributed by atoms with van der Waals surface area (Å²) in [6.45, 7) is 5.37. The summed E-state index contributed by atoms with van der Waals surface area (Å²) in [5.41, 5.74) is 1.08. The van der Waals surface area contributed by atoms with Crippen LogP contribution < -0.4 is 0 Å². The molecular weight excluding hydrogens is 286 g/mol. The lowest BCUT2D eigenvalue weighted by Gasteiger charge is -2.36. The van der Waals surface area contributed by atoms with E-state index in [1.165, 1.54) is 39.0 Å². The maximum absolute atomic E-state index is 11.6.